The molecule has 0 fully saturated rings. The molecule has 0 aliphatic rings. The summed E-state index contributed by atoms with van der Waals surface area (Å²) in [4.78, 5) is 20.6. The van der Waals surface area contributed by atoms with Crippen LogP contribution in [-0.4, -0.2) is 16.5 Å². The predicted octanol–water partition coefficient (Wildman–Crippen LogP) is 2.15. The molecule has 0 aromatic heterocycles. The fraction of sp³-hybridized carbons (Fsp3) is 0.100. The average Bonchev–Trinajstić information content (AvgIpc) is 2.25. The van der Waals surface area contributed by atoms with Crippen molar-refractivity contribution in [1.82, 2.24) is 0 Å². The van der Waals surface area contributed by atoms with E-state index >= 15 is 0 Å². The first-order valence-corrected chi connectivity index (χ1v) is 5.09. The molecule has 0 atom stereocenters. The van der Waals surface area contributed by atoms with Crippen molar-refractivity contribution < 1.29 is 9.72 Å². The zero-order valence-electron chi connectivity index (χ0n) is 7.57. The summed E-state index contributed by atoms with van der Waals surface area (Å²) >= 11 is 3.12. The summed E-state index contributed by atoms with van der Waals surface area (Å²) in [5.74, 6) is 5.46. The number of aldehydes is 1. The van der Waals surface area contributed by atoms with Crippen molar-refractivity contribution >= 4 is 27.9 Å². The van der Waals surface area contributed by atoms with Crippen LogP contribution < -0.4 is 0 Å². The number of hydrogen-bond donors (Lipinski definition) is 0. The highest BCUT2D eigenvalue weighted by Crippen LogP contribution is 2.15. The number of nitro benzene ring substituents is 1. The Morgan fingerprint density at radius 3 is 2.80 bits per heavy atom. The van der Waals surface area contributed by atoms with E-state index in [0.717, 1.165) is 0 Å². The summed E-state index contributed by atoms with van der Waals surface area (Å²) in [5.41, 5.74) is 0.620. The number of hydrogen-bond acceptors (Lipinski definition) is 3. The molecule has 0 amide bonds. The Morgan fingerprint density at radius 1 is 1.53 bits per heavy atom. The van der Waals surface area contributed by atoms with Crippen LogP contribution in [0.25, 0.3) is 0 Å². The molecule has 0 saturated carbocycles. The molecule has 0 bridgehead atoms. The molecule has 1 rings (SSSR count). The highest BCUT2D eigenvalue weighted by atomic mass is 79.9. The van der Waals surface area contributed by atoms with Gasteiger partial charge in [-0.05, 0) is 6.07 Å². The van der Waals surface area contributed by atoms with Crippen molar-refractivity contribution in [3.63, 3.8) is 0 Å². The van der Waals surface area contributed by atoms with Gasteiger partial charge < -0.3 is 0 Å². The topological polar surface area (TPSA) is 60.2 Å². The third-order valence-corrected chi connectivity index (χ3v) is 1.94. The van der Waals surface area contributed by atoms with Gasteiger partial charge in [-0.15, -0.1) is 0 Å². The molecule has 1 aromatic rings. The number of alkyl halides is 1. The number of nitro groups is 1. The van der Waals surface area contributed by atoms with Gasteiger partial charge in [-0.1, -0.05) is 27.8 Å². The van der Waals surface area contributed by atoms with E-state index in [2.05, 4.69) is 27.8 Å². The lowest BCUT2D eigenvalue weighted by Crippen LogP contribution is -1.93. The third-order valence-electron chi connectivity index (χ3n) is 1.66. The Kier molecular flexibility index (Phi) is 4.01. The average molecular weight is 268 g/mol. The summed E-state index contributed by atoms with van der Waals surface area (Å²) in [5, 5.41) is 10.9. The smallest absolute Gasteiger partial charge is 0.270 e. The number of benzene rings is 1. The quantitative estimate of drug-likeness (QED) is 0.271. The van der Waals surface area contributed by atoms with Gasteiger partial charge in [0.15, 0.2) is 6.29 Å². The van der Waals surface area contributed by atoms with Gasteiger partial charge in [-0.3, -0.25) is 14.9 Å². The summed E-state index contributed by atoms with van der Waals surface area (Å²) < 4.78 is 0. The number of carbonyl (C=O) groups excluding carboxylic acids is 1. The first-order valence-electron chi connectivity index (χ1n) is 3.97. The molecule has 0 unspecified atom stereocenters. The van der Waals surface area contributed by atoms with Crippen LogP contribution in [0, 0.1) is 22.0 Å². The first kappa shape index (κ1) is 11.4. The molecule has 0 N–H and O–H groups in total. The van der Waals surface area contributed by atoms with Crippen molar-refractivity contribution in [2.75, 3.05) is 5.33 Å². The second-order valence-corrected chi connectivity index (χ2v) is 3.14. The molecule has 4 nitrogen and oxygen atoms in total. The maximum atomic E-state index is 10.7. The van der Waals surface area contributed by atoms with E-state index in [4.69, 9.17) is 0 Å². The number of non-ortho nitro benzene ring substituents is 1. The predicted molar refractivity (Wildman–Crippen MR) is 59.2 cm³/mol. The van der Waals surface area contributed by atoms with E-state index < -0.39 is 4.92 Å². The van der Waals surface area contributed by atoms with Gasteiger partial charge >= 0.3 is 0 Å². The minimum absolute atomic E-state index is 0.110. The van der Waals surface area contributed by atoms with Gasteiger partial charge in [0, 0.05) is 23.3 Å². The Bertz CT molecular complexity index is 459. The Balaban J connectivity index is 3.20. The molecular formula is C10H6BrNO3. The SMILES string of the molecule is O=Cc1cc([N+](=O)[O-])ccc1C#CCBr. The minimum atomic E-state index is -0.547. The largest absolute Gasteiger partial charge is 0.298 e. The van der Waals surface area contributed by atoms with Crippen molar-refractivity contribution in [3.05, 3.63) is 39.4 Å². The molecule has 1 aromatic carbocycles. The summed E-state index contributed by atoms with van der Waals surface area (Å²) in [6, 6.07) is 4.01. The highest BCUT2D eigenvalue weighted by molar-refractivity contribution is 9.09. The lowest BCUT2D eigenvalue weighted by Gasteiger charge is -1.96. The van der Waals surface area contributed by atoms with Crippen LogP contribution >= 0.6 is 15.9 Å². The van der Waals surface area contributed by atoms with E-state index in [9.17, 15) is 14.9 Å². The fourth-order valence-electron chi connectivity index (χ4n) is 1.00. The van der Waals surface area contributed by atoms with Crippen LogP contribution in [-0.2, 0) is 0 Å². The third kappa shape index (κ3) is 2.89. The van der Waals surface area contributed by atoms with E-state index in [-0.39, 0.29) is 11.3 Å². The molecule has 0 saturated heterocycles. The summed E-state index contributed by atoms with van der Waals surface area (Å²) in [6.07, 6.45) is 0.561. The molecule has 76 valence electrons. The maximum absolute atomic E-state index is 10.7. The van der Waals surface area contributed by atoms with Gasteiger partial charge in [-0.25, -0.2) is 0 Å². The van der Waals surface area contributed by atoms with Crippen LogP contribution in [0.2, 0.25) is 0 Å². The lowest BCUT2D eigenvalue weighted by atomic mass is 10.1. The van der Waals surface area contributed by atoms with Gasteiger partial charge in [0.25, 0.3) is 5.69 Å². The summed E-state index contributed by atoms with van der Waals surface area (Å²) in [6.45, 7) is 0. The van der Waals surface area contributed by atoms with Crippen LogP contribution in [0.4, 0.5) is 5.69 Å². The van der Waals surface area contributed by atoms with Crippen LogP contribution in [0.1, 0.15) is 15.9 Å². The Morgan fingerprint density at radius 2 is 2.27 bits per heavy atom. The fourth-order valence-corrected chi connectivity index (χ4v) is 1.14. The monoisotopic (exact) mass is 267 g/mol. The maximum Gasteiger partial charge on any atom is 0.270 e. The molecule has 0 aliphatic heterocycles. The second kappa shape index (κ2) is 5.27. The summed E-state index contributed by atoms with van der Waals surface area (Å²) in [7, 11) is 0. The number of halogens is 1. The van der Waals surface area contributed by atoms with E-state index in [1.165, 1.54) is 18.2 Å². The van der Waals surface area contributed by atoms with Crippen molar-refractivity contribution in [2.45, 2.75) is 0 Å². The molecule has 0 spiro atoms. The normalized spacial score (nSPS) is 8.87. The van der Waals surface area contributed by atoms with E-state index in [1.807, 2.05) is 0 Å². The zero-order valence-corrected chi connectivity index (χ0v) is 9.15. The van der Waals surface area contributed by atoms with Crippen molar-refractivity contribution in [3.8, 4) is 11.8 Å². The van der Waals surface area contributed by atoms with E-state index in [0.29, 0.717) is 17.2 Å². The number of carbonyl (C=O) groups is 1. The van der Waals surface area contributed by atoms with Crippen LogP contribution in [0.3, 0.4) is 0 Å². The van der Waals surface area contributed by atoms with Crippen molar-refractivity contribution in [1.29, 1.82) is 0 Å². The Labute approximate surface area is 94.6 Å². The zero-order chi connectivity index (χ0) is 11.3. The number of rotatable bonds is 2. The van der Waals surface area contributed by atoms with Gasteiger partial charge in [0.1, 0.15) is 0 Å². The van der Waals surface area contributed by atoms with Gasteiger partial charge in [0.05, 0.1) is 10.3 Å². The molecule has 0 aliphatic carbocycles. The molecule has 5 heteroatoms. The second-order valence-electron chi connectivity index (χ2n) is 2.58. The molecule has 0 heterocycles. The highest BCUT2D eigenvalue weighted by Gasteiger charge is 2.08. The molecule has 15 heavy (non-hydrogen) atoms. The van der Waals surface area contributed by atoms with Gasteiger partial charge in [0.2, 0.25) is 0 Å². The molecular weight excluding hydrogens is 262 g/mol. The lowest BCUT2D eigenvalue weighted by molar-refractivity contribution is -0.384. The Hall–Kier alpha value is -1.67. The van der Waals surface area contributed by atoms with Gasteiger partial charge in [-0.2, -0.15) is 0 Å². The molecule has 0 radical (unpaired) electrons. The van der Waals surface area contributed by atoms with Crippen molar-refractivity contribution in [2.24, 2.45) is 0 Å². The number of nitrogens with zero attached hydrogens (tertiary/aromatic N) is 1. The standard InChI is InChI=1S/C10H6BrNO3/c11-5-1-2-8-3-4-10(12(14)15)6-9(8)7-13/h3-4,6-7H,5H2. The minimum Gasteiger partial charge on any atom is -0.298 e. The first-order chi connectivity index (χ1) is 7.19. The van der Waals surface area contributed by atoms with Crippen LogP contribution in [0.15, 0.2) is 18.2 Å². The van der Waals surface area contributed by atoms with E-state index in [1.54, 1.807) is 0 Å². The van der Waals surface area contributed by atoms with Crippen LogP contribution in [0.5, 0.6) is 0 Å².